The monoisotopic (exact) mass is 504 g/mol. The number of hydrogen-bond donors (Lipinski definition) is 2. The number of carboxylic acid groups (broad SMARTS) is 1. The fourth-order valence-corrected chi connectivity index (χ4v) is 4.21. The van der Waals surface area contributed by atoms with Crippen molar-refractivity contribution in [2.24, 2.45) is 0 Å². The maximum atomic E-state index is 14.0. The molecule has 0 radical (unpaired) electrons. The molecular formula is C32H24O6. The number of carbonyl (C=O) groups is 2. The number of phenols is 1. The van der Waals surface area contributed by atoms with Crippen molar-refractivity contribution in [1.82, 2.24) is 0 Å². The van der Waals surface area contributed by atoms with Crippen molar-refractivity contribution in [3.8, 4) is 17.2 Å². The molecule has 0 unspecified atom stereocenters. The van der Waals surface area contributed by atoms with Gasteiger partial charge in [0.25, 0.3) is 0 Å². The summed E-state index contributed by atoms with van der Waals surface area (Å²) in [4.78, 5) is 26.0. The summed E-state index contributed by atoms with van der Waals surface area (Å²) in [6, 6.07) is 31.8. The van der Waals surface area contributed by atoms with Gasteiger partial charge in [0, 0.05) is 5.39 Å². The number of ketones is 1. The molecule has 38 heavy (non-hydrogen) atoms. The van der Waals surface area contributed by atoms with Gasteiger partial charge in [-0.25, -0.2) is 4.79 Å². The van der Waals surface area contributed by atoms with E-state index in [-0.39, 0.29) is 47.2 Å². The van der Waals surface area contributed by atoms with Crippen LogP contribution in [0.15, 0.2) is 109 Å². The fourth-order valence-electron chi connectivity index (χ4n) is 4.21. The fraction of sp³-hybridized carbons (Fsp3) is 0.0625. The molecule has 0 spiro atoms. The lowest BCUT2D eigenvalue weighted by Crippen LogP contribution is -2.11. The highest BCUT2D eigenvalue weighted by atomic mass is 16.5. The van der Waals surface area contributed by atoms with Gasteiger partial charge in [0.1, 0.15) is 36.0 Å². The minimum atomic E-state index is -1.19. The highest BCUT2D eigenvalue weighted by molar-refractivity contribution is 6.16. The Hall–Kier alpha value is -5.10. The van der Waals surface area contributed by atoms with Crippen LogP contribution in [0, 0.1) is 0 Å². The topological polar surface area (TPSA) is 93.1 Å². The maximum Gasteiger partial charge on any atom is 0.335 e. The van der Waals surface area contributed by atoms with Crippen molar-refractivity contribution in [2.75, 3.05) is 0 Å². The van der Waals surface area contributed by atoms with Crippen molar-refractivity contribution in [1.29, 1.82) is 0 Å². The zero-order valence-corrected chi connectivity index (χ0v) is 20.3. The quantitative estimate of drug-likeness (QED) is 0.219. The summed E-state index contributed by atoms with van der Waals surface area (Å²) in [7, 11) is 0. The van der Waals surface area contributed by atoms with Gasteiger partial charge in [-0.1, -0.05) is 91.0 Å². The van der Waals surface area contributed by atoms with Crippen molar-refractivity contribution in [3.05, 3.63) is 137 Å². The van der Waals surface area contributed by atoms with Gasteiger partial charge in [-0.2, -0.15) is 0 Å². The first-order valence-corrected chi connectivity index (χ1v) is 12.0. The smallest absolute Gasteiger partial charge is 0.335 e. The zero-order valence-electron chi connectivity index (χ0n) is 20.3. The highest BCUT2D eigenvalue weighted by Gasteiger charge is 2.26. The molecule has 0 saturated heterocycles. The number of carbonyl (C=O) groups excluding carboxylic acids is 1. The molecule has 2 N–H and O–H groups in total. The summed E-state index contributed by atoms with van der Waals surface area (Å²) in [5.74, 6) is -1.80. The first kappa shape index (κ1) is 24.6. The van der Waals surface area contributed by atoms with E-state index < -0.39 is 11.8 Å². The van der Waals surface area contributed by atoms with Gasteiger partial charge in [-0.15, -0.1) is 0 Å². The van der Waals surface area contributed by atoms with E-state index in [1.807, 2.05) is 72.8 Å². The molecule has 0 heterocycles. The number of phenolic OH excluding ortho intramolecular Hbond substituents is 1. The van der Waals surface area contributed by atoms with Crippen molar-refractivity contribution in [2.45, 2.75) is 13.2 Å². The summed E-state index contributed by atoms with van der Waals surface area (Å²) in [5.41, 5.74) is 1.68. The van der Waals surface area contributed by atoms with Gasteiger partial charge in [0.2, 0.25) is 5.78 Å². The van der Waals surface area contributed by atoms with Crippen LogP contribution in [0.25, 0.3) is 10.8 Å². The summed E-state index contributed by atoms with van der Waals surface area (Å²) in [5, 5.41) is 22.1. The molecule has 0 aliphatic carbocycles. The molecular weight excluding hydrogens is 480 g/mol. The van der Waals surface area contributed by atoms with Gasteiger partial charge < -0.3 is 19.7 Å². The second-order valence-electron chi connectivity index (χ2n) is 8.71. The van der Waals surface area contributed by atoms with E-state index in [0.717, 1.165) is 16.5 Å². The van der Waals surface area contributed by atoms with E-state index in [0.29, 0.717) is 5.39 Å². The number of benzene rings is 5. The van der Waals surface area contributed by atoms with Gasteiger partial charge >= 0.3 is 5.97 Å². The Bertz CT molecular complexity index is 1550. The van der Waals surface area contributed by atoms with Crippen LogP contribution in [0.2, 0.25) is 0 Å². The molecule has 0 fully saturated rings. The highest BCUT2D eigenvalue weighted by Crippen LogP contribution is 2.38. The summed E-state index contributed by atoms with van der Waals surface area (Å²) >= 11 is 0. The number of aromatic hydroxyl groups is 1. The summed E-state index contributed by atoms with van der Waals surface area (Å²) in [6.45, 7) is 0.206. The van der Waals surface area contributed by atoms with Crippen LogP contribution in [0.4, 0.5) is 0 Å². The van der Waals surface area contributed by atoms with Crippen LogP contribution in [0.1, 0.15) is 37.4 Å². The Balaban J connectivity index is 1.62. The molecule has 0 amide bonds. The molecule has 0 aliphatic rings. The lowest BCUT2D eigenvalue weighted by Gasteiger charge is -2.18. The standard InChI is InChI=1S/C32H24O6/c33-30-25-14-8-7-13-23(25)15-16-26(30)31(34)29-27(37-19-21-9-3-1-4-10-21)17-24(32(35)36)18-28(29)38-20-22-11-5-2-6-12-22/h1-18,33H,19-20H2,(H,35,36). The van der Waals surface area contributed by atoms with Crippen molar-refractivity contribution < 1.29 is 29.3 Å². The predicted octanol–water partition coefficient (Wildman–Crippen LogP) is 6.63. The number of aromatic carboxylic acids is 1. The largest absolute Gasteiger partial charge is 0.507 e. The first-order chi connectivity index (χ1) is 18.5. The average Bonchev–Trinajstić information content (AvgIpc) is 2.95. The first-order valence-electron chi connectivity index (χ1n) is 12.0. The Morgan fingerprint density at radius 2 is 1.18 bits per heavy atom. The SMILES string of the molecule is O=C(O)c1cc(OCc2ccccc2)c(C(=O)c2ccc3ccccc3c2O)c(OCc2ccccc2)c1. The normalized spacial score (nSPS) is 10.7. The van der Waals surface area contributed by atoms with E-state index in [1.54, 1.807) is 24.3 Å². The van der Waals surface area contributed by atoms with Gasteiger partial charge in [-0.3, -0.25) is 4.79 Å². The van der Waals surface area contributed by atoms with E-state index in [9.17, 15) is 19.8 Å². The summed E-state index contributed by atoms with van der Waals surface area (Å²) < 4.78 is 12.1. The molecule has 5 rings (SSSR count). The molecule has 5 aromatic carbocycles. The Kier molecular flexibility index (Phi) is 7.04. The Labute approximate surface area is 219 Å². The minimum Gasteiger partial charge on any atom is -0.507 e. The molecule has 5 aromatic rings. The molecule has 188 valence electrons. The van der Waals surface area contributed by atoms with Crippen LogP contribution in [0.5, 0.6) is 17.2 Å². The van der Waals surface area contributed by atoms with Crippen LogP contribution >= 0.6 is 0 Å². The zero-order chi connectivity index (χ0) is 26.5. The molecule has 6 nitrogen and oxygen atoms in total. The van der Waals surface area contributed by atoms with Crippen molar-refractivity contribution >= 4 is 22.5 Å². The minimum absolute atomic E-state index is 0.0347. The molecule has 6 heteroatoms. The summed E-state index contributed by atoms with van der Waals surface area (Å²) in [6.07, 6.45) is 0. The number of ether oxygens (including phenoxy) is 2. The van der Waals surface area contributed by atoms with E-state index >= 15 is 0 Å². The van der Waals surface area contributed by atoms with Gasteiger partial charge in [-0.05, 0) is 34.7 Å². The lowest BCUT2D eigenvalue weighted by atomic mass is 9.96. The Morgan fingerprint density at radius 1 is 0.658 bits per heavy atom. The third kappa shape index (κ3) is 5.20. The van der Waals surface area contributed by atoms with E-state index in [2.05, 4.69) is 0 Å². The number of carboxylic acids is 1. The molecule has 0 aromatic heterocycles. The maximum absolute atomic E-state index is 14.0. The second-order valence-corrected chi connectivity index (χ2v) is 8.71. The average molecular weight is 505 g/mol. The Morgan fingerprint density at radius 3 is 1.74 bits per heavy atom. The van der Waals surface area contributed by atoms with Crippen LogP contribution in [-0.4, -0.2) is 22.0 Å². The van der Waals surface area contributed by atoms with Crippen LogP contribution in [-0.2, 0) is 13.2 Å². The van der Waals surface area contributed by atoms with E-state index in [4.69, 9.17) is 9.47 Å². The number of rotatable bonds is 9. The molecule has 0 atom stereocenters. The molecule has 0 aliphatic heterocycles. The van der Waals surface area contributed by atoms with Crippen molar-refractivity contribution in [3.63, 3.8) is 0 Å². The van der Waals surface area contributed by atoms with Gasteiger partial charge in [0.05, 0.1) is 11.1 Å². The predicted molar refractivity (Wildman–Crippen MR) is 144 cm³/mol. The molecule has 0 bridgehead atoms. The van der Waals surface area contributed by atoms with Crippen LogP contribution < -0.4 is 9.47 Å². The third-order valence-corrected chi connectivity index (χ3v) is 6.16. The number of fused-ring (bicyclic) bond motifs is 1. The lowest BCUT2D eigenvalue weighted by molar-refractivity contribution is 0.0695. The molecule has 0 saturated carbocycles. The van der Waals surface area contributed by atoms with Gasteiger partial charge in [0.15, 0.2) is 0 Å². The third-order valence-electron chi connectivity index (χ3n) is 6.16. The van der Waals surface area contributed by atoms with Crippen LogP contribution in [0.3, 0.4) is 0 Å². The second kappa shape index (κ2) is 10.9. The number of hydrogen-bond acceptors (Lipinski definition) is 5. The van der Waals surface area contributed by atoms with E-state index in [1.165, 1.54) is 12.1 Å².